The molecule has 0 radical (unpaired) electrons. The maximum absolute atomic E-state index is 12.9. The summed E-state index contributed by atoms with van der Waals surface area (Å²) >= 11 is 0. The Labute approximate surface area is 127 Å². The van der Waals surface area contributed by atoms with Crippen LogP contribution in [0.3, 0.4) is 0 Å². The lowest BCUT2D eigenvalue weighted by Crippen LogP contribution is -2.53. The molecule has 0 fully saturated rings. The van der Waals surface area contributed by atoms with Crippen LogP contribution >= 0.6 is 0 Å². The summed E-state index contributed by atoms with van der Waals surface area (Å²) in [6.45, 7) is 0. The predicted molar refractivity (Wildman–Crippen MR) is 79.1 cm³/mol. The van der Waals surface area contributed by atoms with Crippen LogP contribution in [-0.4, -0.2) is 35.4 Å². The number of rotatable bonds is 5. The van der Waals surface area contributed by atoms with Crippen LogP contribution in [0.25, 0.3) is 0 Å². The molecule has 0 aliphatic carbocycles. The normalized spacial score (nSPS) is 13.5. The van der Waals surface area contributed by atoms with Gasteiger partial charge in [-0.25, -0.2) is 0 Å². The first-order valence-corrected chi connectivity index (χ1v) is 6.65. The van der Waals surface area contributed by atoms with Crippen molar-refractivity contribution in [3.05, 3.63) is 71.8 Å². The summed E-state index contributed by atoms with van der Waals surface area (Å²) < 4.78 is 4.69. The van der Waals surface area contributed by atoms with E-state index in [4.69, 9.17) is 4.74 Å². The fraction of sp³-hybridized carbons (Fsp3) is 0.176. The average molecular weight is 300 g/mol. The van der Waals surface area contributed by atoms with E-state index < -0.39 is 23.5 Å². The first-order chi connectivity index (χ1) is 10.5. The van der Waals surface area contributed by atoms with Crippen LogP contribution in [0.15, 0.2) is 60.7 Å². The van der Waals surface area contributed by atoms with E-state index in [0.29, 0.717) is 0 Å². The van der Waals surface area contributed by atoms with Gasteiger partial charge in [0, 0.05) is 5.56 Å². The summed E-state index contributed by atoms with van der Waals surface area (Å²) in [5.41, 5.74) is -1.88. The van der Waals surface area contributed by atoms with Gasteiger partial charge in [-0.05, 0) is 5.56 Å². The minimum absolute atomic E-state index is 0.158. The number of hydrogen-bond donors (Lipinski definition) is 2. The number of ketones is 1. The number of benzene rings is 2. The second-order valence-corrected chi connectivity index (χ2v) is 4.73. The molecule has 0 aromatic heterocycles. The molecule has 1 atom stereocenters. The zero-order chi connectivity index (χ0) is 16.2. The molecule has 2 aromatic carbocycles. The number of aliphatic hydroxyl groups excluding tert-OH is 1. The monoisotopic (exact) mass is 300 g/mol. The molecule has 2 N–H and O–H groups in total. The summed E-state index contributed by atoms with van der Waals surface area (Å²) in [5, 5.41) is 19.8. The van der Waals surface area contributed by atoms with Gasteiger partial charge >= 0.3 is 5.97 Å². The van der Waals surface area contributed by atoms with E-state index in [1.54, 1.807) is 36.4 Å². The average Bonchev–Trinajstić information content (AvgIpc) is 2.56. The lowest BCUT2D eigenvalue weighted by molar-refractivity contribution is -0.162. The third kappa shape index (κ3) is 2.52. The van der Waals surface area contributed by atoms with Crippen molar-refractivity contribution in [2.45, 2.75) is 11.7 Å². The summed E-state index contributed by atoms with van der Waals surface area (Å²) in [5.74, 6) is -1.76. The quantitative estimate of drug-likeness (QED) is 0.376. The molecule has 0 saturated heterocycles. The van der Waals surface area contributed by atoms with Gasteiger partial charge in [-0.15, -0.1) is 0 Å². The van der Waals surface area contributed by atoms with E-state index in [1.165, 1.54) is 24.3 Å². The second kappa shape index (κ2) is 6.51. The maximum atomic E-state index is 12.9. The number of carbonyl (C=O) groups excluding carboxylic acids is 2. The van der Waals surface area contributed by atoms with Crippen molar-refractivity contribution in [2.24, 2.45) is 0 Å². The van der Waals surface area contributed by atoms with Crippen LogP contribution in [0, 0.1) is 0 Å². The molecular weight excluding hydrogens is 284 g/mol. The smallest absolute Gasteiger partial charge is 0.329 e. The number of ether oxygens (including phenoxy) is 1. The lowest BCUT2D eigenvalue weighted by Gasteiger charge is -2.31. The minimum Gasteiger partial charge on any atom is -0.468 e. The van der Waals surface area contributed by atoms with Crippen LogP contribution in [0.4, 0.5) is 0 Å². The summed E-state index contributed by atoms with van der Waals surface area (Å²) in [6.07, 6.45) is -2.24. The van der Waals surface area contributed by atoms with E-state index in [9.17, 15) is 19.8 Å². The predicted octanol–water partition coefficient (Wildman–Crippen LogP) is 1.29. The standard InChI is InChI=1S/C17H16O5/c1-22-16(21)17(15(19)20,13-10-6-3-7-11-13)14(18)12-8-4-2-5-9-12/h2-11,15,19-20H,1H3. The molecule has 2 aromatic rings. The van der Waals surface area contributed by atoms with Crippen molar-refractivity contribution in [3.63, 3.8) is 0 Å². The molecule has 0 spiro atoms. The summed E-state index contributed by atoms with van der Waals surface area (Å²) in [6, 6.07) is 15.9. The van der Waals surface area contributed by atoms with Crippen LogP contribution in [-0.2, 0) is 14.9 Å². The molecule has 114 valence electrons. The Balaban J connectivity index is 2.69. The van der Waals surface area contributed by atoms with Gasteiger partial charge < -0.3 is 14.9 Å². The molecule has 2 rings (SSSR count). The Morgan fingerprint density at radius 1 is 0.955 bits per heavy atom. The van der Waals surface area contributed by atoms with Gasteiger partial charge in [-0.1, -0.05) is 60.7 Å². The van der Waals surface area contributed by atoms with Gasteiger partial charge in [0.2, 0.25) is 5.41 Å². The van der Waals surface area contributed by atoms with Gasteiger partial charge in [-0.3, -0.25) is 9.59 Å². The van der Waals surface area contributed by atoms with E-state index in [0.717, 1.165) is 7.11 Å². The van der Waals surface area contributed by atoms with Gasteiger partial charge in [0.25, 0.3) is 0 Å². The number of methoxy groups -OCH3 is 1. The van der Waals surface area contributed by atoms with Gasteiger partial charge in [-0.2, -0.15) is 0 Å². The van der Waals surface area contributed by atoms with Crippen molar-refractivity contribution < 1.29 is 24.5 Å². The Morgan fingerprint density at radius 2 is 1.45 bits per heavy atom. The molecule has 5 heteroatoms. The summed E-state index contributed by atoms with van der Waals surface area (Å²) in [4.78, 5) is 25.2. The highest BCUT2D eigenvalue weighted by Crippen LogP contribution is 2.33. The van der Waals surface area contributed by atoms with Crippen LogP contribution < -0.4 is 0 Å². The minimum atomic E-state index is -2.24. The fourth-order valence-corrected chi connectivity index (χ4v) is 2.39. The number of hydrogen-bond acceptors (Lipinski definition) is 5. The Morgan fingerprint density at radius 3 is 1.91 bits per heavy atom. The van der Waals surface area contributed by atoms with E-state index >= 15 is 0 Å². The van der Waals surface area contributed by atoms with Crippen LogP contribution in [0.2, 0.25) is 0 Å². The zero-order valence-corrected chi connectivity index (χ0v) is 12.0. The number of aliphatic hydroxyl groups is 2. The van der Waals surface area contributed by atoms with Crippen LogP contribution in [0.5, 0.6) is 0 Å². The highest BCUT2D eigenvalue weighted by Gasteiger charge is 2.54. The molecular formula is C17H16O5. The topological polar surface area (TPSA) is 83.8 Å². The Bertz CT molecular complexity index is 651. The Hall–Kier alpha value is -2.50. The molecule has 5 nitrogen and oxygen atoms in total. The SMILES string of the molecule is COC(=O)C(C(=O)c1ccccc1)(c1ccccc1)C(O)O. The van der Waals surface area contributed by atoms with E-state index in [-0.39, 0.29) is 11.1 Å². The van der Waals surface area contributed by atoms with E-state index in [1.807, 2.05) is 0 Å². The second-order valence-electron chi connectivity index (χ2n) is 4.73. The molecule has 22 heavy (non-hydrogen) atoms. The molecule has 0 heterocycles. The maximum Gasteiger partial charge on any atom is 0.329 e. The first-order valence-electron chi connectivity index (χ1n) is 6.65. The van der Waals surface area contributed by atoms with Gasteiger partial charge in [0.05, 0.1) is 7.11 Å². The van der Waals surface area contributed by atoms with Gasteiger partial charge in [0.15, 0.2) is 12.1 Å². The zero-order valence-electron chi connectivity index (χ0n) is 12.0. The number of esters is 1. The van der Waals surface area contributed by atoms with Crippen molar-refractivity contribution in [2.75, 3.05) is 7.11 Å². The highest BCUT2D eigenvalue weighted by atomic mass is 16.5. The van der Waals surface area contributed by atoms with Crippen molar-refractivity contribution in [1.29, 1.82) is 0 Å². The third-order valence-corrected chi connectivity index (χ3v) is 3.52. The van der Waals surface area contributed by atoms with E-state index in [2.05, 4.69) is 0 Å². The Kier molecular flexibility index (Phi) is 4.70. The molecule has 0 aliphatic rings. The number of Topliss-reactive ketones (excluding diaryl/α,β-unsaturated/α-hetero) is 1. The van der Waals surface area contributed by atoms with Crippen molar-refractivity contribution in [1.82, 2.24) is 0 Å². The first kappa shape index (κ1) is 15.9. The molecule has 0 aliphatic heterocycles. The fourth-order valence-electron chi connectivity index (χ4n) is 2.39. The molecule has 0 amide bonds. The highest BCUT2D eigenvalue weighted by molar-refractivity contribution is 6.17. The largest absolute Gasteiger partial charge is 0.468 e. The molecule has 0 bridgehead atoms. The number of carbonyl (C=O) groups is 2. The van der Waals surface area contributed by atoms with Gasteiger partial charge in [0.1, 0.15) is 0 Å². The molecule has 0 saturated carbocycles. The van der Waals surface area contributed by atoms with Crippen molar-refractivity contribution >= 4 is 11.8 Å². The lowest BCUT2D eigenvalue weighted by atomic mass is 9.73. The van der Waals surface area contributed by atoms with Crippen molar-refractivity contribution in [3.8, 4) is 0 Å². The summed E-state index contributed by atoms with van der Waals surface area (Å²) in [7, 11) is 1.10. The molecule has 1 unspecified atom stereocenters. The van der Waals surface area contributed by atoms with Crippen LogP contribution in [0.1, 0.15) is 15.9 Å². The third-order valence-electron chi connectivity index (χ3n) is 3.52.